The molecule has 0 heterocycles. The fraction of sp³-hybridized carbons (Fsp3) is 0.143. The van der Waals surface area contributed by atoms with E-state index in [4.69, 9.17) is 0 Å². The van der Waals surface area contributed by atoms with Crippen molar-refractivity contribution in [2.75, 3.05) is 0 Å². The van der Waals surface area contributed by atoms with E-state index in [-0.39, 0.29) is 0 Å². The Bertz CT molecular complexity index is 1180. The average Bonchev–Trinajstić information content (AvgIpc) is 3.09. The summed E-state index contributed by atoms with van der Waals surface area (Å²) >= 11 is 0. The van der Waals surface area contributed by atoms with Crippen LogP contribution in [-0.4, -0.2) is 0 Å². The van der Waals surface area contributed by atoms with Crippen LogP contribution in [-0.2, 0) is 12.8 Å². The first-order valence-corrected chi connectivity index (χ1v) is 10.1. The van der Waals surface area contributed by atoms with Gasteiger partial charge in [0.15, 0.2) is 0 Å². The summed E-state index contributed by atoms with van der Waals surface area (Å²) in [6, 6.07) is 31.3. The van der Waals surface area contributed by atoms with Gasteiger partial charge in [-0.3, -0.25) is 0 Å². The molecule has 0 spiro atoms. The van der Waals surface area contributed by atoms with Gasteiger partial charge in [0.05, 0.1) is 0 Å². The van der Waals surface area contributed by atoms with E-state index in [0.29, 0.717) is 0 Å². The van der Waals surface area contributed by atoms with E-state index in [2.05, 4.69) is 98.8 Å². The zero-order chi connectivity index (χ0) is 19.1. The quantitative estimate of drug-likeness (QED) is 0.321. The molecule has 0 aromatic heterocycles. The van der Waals surface area contributed by atoms with Crippen LogP contribution in [0.5, 0.6) is 0 Å². The molecule has 0 heteroatoms. The third-order valence-electron chi connectivity index (χ3n) is 5.99. The fourth-order valence-electron chi connectivity index (χ4n) is 4.59. The topological polar surface area (TPSA) is 0 Å². The van der Waals surface area contributed by atoms with Gasteiger partial charge in [-0.05, 0) is 76.8 Å². The minimum Gasteiger partial charge on any atom is -0.0620 e. The van der Waals surface area contributed by atoms with Crippen LogP contribution in [0.3, 0.4) is 0 Å². The number of fused-ring (bicyclic) bond motifs is 3. The summed E-state index contributed by atoms with van der Waals surface area (Å²) in [4.78, 5) is 0. The number of hydrogen-bond donors (Lipinski definition) is 0. The molecule has 136 valence electrons. The molecule has 0 radical (unpaired) electrons. The van der Waals surface area contributed by atoms with Gasteiger partial charge in [-0.1, -0.05) is 90.5 Å². The molecule has 4 aromatic carbocycles. The van der Waals surface area contributed by atoms with Crippen LogP contribution in [0.4, 0.5) is 0 Å². The van der Waals surface area contributed by atoms with E-state index >= 15 is 0 Å². The summed E-state index contributed by atoms with van der Waals surface area (Å²) < 4.78 is 0. The largest absolute Gasteiger partial charge is 0.0620 e. The molecule has 0 unspecified atom stereocenters. The maximum atomic E-state index is 2.34. The van der Waals surface area contributed by atoms with Crippen LogP contribution in [0.1, 0.15) is 33.4 Å². The van der Waals surface area contributed by atoms with Crippen molar-refractivity contribution in [2.45, 2.75) is 26.7 Å². The monoisotopic (exact) mass is 360 g/mol. The SMILES string of the molecule is Cc1ccc(Cc2cccc3c2-c2ccccc2C3)c(-c2ccccc2C)c1. The maximum absolute atomic E-state index is 2.34. The highest BCUT2D eigenvalue weighted by atomic mass is 14.2. The molecule has 0 atom stereocenters. The van der Waals surface area contributed by atoms with E-state index in [1.54, 1.807) is 0 Å². The van der Waals surface area contributed by atoms with Crippen LogP contribution in [0, 0.1) is 13.8 Å². The number of aryl methyl sites for hydroxylation is 2. The molecule has 0 saturated carbocycles. The van der Waals surface area contributed by atoms with E-state index < -0.39 is 0 Å². The van der Waals surface area contributed by atoms with Crippen molar-refractivity contribution >= 4 is 0 Å². The number of rotatable bonds is 3. The Morgan fingerprint density at radius 3 is 2.21 bits per heavy atom. The van der Waals surface area contributed by atoms with Gasteiger partial charge in [-0.25, -0.2) is 0 Å². The zero-order valence-electron chi connectivity index (χ0n) is 16.5. The Morgan fingerprint density at radius 2 is 1.36 bits per heavy atom. The maximum Gasteiger partial charge on any atom is -0.00133 e. The standard InChI is InChI=1S/C28H24/c1-19-14-15-22(27(16-19)25-12-5-3-8-20(25)2)18-24-11-7-10-23-17-21-9-4-6-13-26(21)28(23)24/h3-16H,17-18H2,1-2H3. The van der Waals surface area contributed by atoms with Crippen molar-refractivity contribution in [2.24, 2.45) is 0 Å². The summed E-state index contributed by atoms with van der Waals surface area (Å²) in [7, 11) is 0. The normalized spacial score (nSPS) is 11.9. The average molecular weight is 361 g/mol. The molecular weight excluding hydrogens is 336 g/mol. The van der Waals surface area contributed by atoms with Gasteiger partial charge < -0.3 is 0 Å². The molecule has 28 heavy (non-hydrogen) atoms. The molecule has 0 amide bonds. The molecule has 5 rings (SSSR count). The Labute approximate surface area is 167 Å². The van der Waals surface area contributed by atoms with Crippen molar-refractivity contribution < 1.29 is 0 Å². The lowest BCUT2D eigenvalue weighted by Gasteiger charge is -2.16. The molecule has 0 nitrogen and oxygen atoms in total. The third-order valence-corrected chi connectivity index (χ3v) is 5.99. The molecule has 0 N–H and O–H groups in total. The van der Waals surface area contributed by atoms with Crippen LogP contribution in [0.15, 0.2) is 84.9 Å². The second kappa shape index (κ2) is 6.80. The van der Waals surface area contributed by atoms with Gasteiger partial charge in [0.1, 0.15) is 0 Å². The van der Waals surface area contributed by atoms with Crippen molar-refractivity contribution in [1.82, 2.24) is 0 Å². The van der Waals surface area contributed by atoms with Gasteiger partial charge >= 0.3 is 0 Å². The molecule has 4 aromatic rings. The highest BCUT2D eigenvalue weighted by Gasteiger charge is 2.21. The minimum atomic E-state index is 0.960. The van der Waals surface area contributed by atoms with E-state index in [1.165, 1.54) is 55.6 Å². The summed E-state index contributed by atoms with van der Waals surface area (Å²) in [5, 5.41) is 0. The molecule has 0 bridgehead atoms. The van der Waals surface area contributed by atoms with Crippen LogP contribution in [0.2, 0.25) is 0 Å². The van der Waals surface area contributed by atoms with E-state index in [9.17, 15) is 0 Å². The summed E-state index contributed by atoms with van der Waals surface area (Å²) in [5.41, 5.74) is 14.0. The van der Waals surface area contributed by atoms with E-state index in [0.717, 1.165) is 12.8 Å². The van der Waals surface area contributed by atoms with Crippen molar-refractivity contribution in [3.63, 3.8) is 0 Å². The fourth-order valence-corrected chi connectivity index (χ4v) is 4.59. The highest BCUT2D eigenvalue weighted by Crippen LogP contribution is 2.40. The second-order valence-corrected chi connectivity index (χ2v) is 7.94. The van der Waals surface area contributed by atoms with Gasteiger partial charge in [0.2, 0.25) is 0 Å². The predicted octanol–water partition coefficient (Wildman–Crippen LogP) is 7.13. The Morgan fingerprint density at radius 1 is 0.607 bits per heavy atom. The molecule has 0 fully saturated rings. The first-order valence-electron chi connectivity index (χ1n) is 10.1. The van der Waals surface area contributed by atoms with Crippen molar-refractivity contribution in [3.8, 4) is 22.3 Å². The molecule has 1 aliphatic rings. The smallest absolute Gasteiger partial charge is 0.00133 e. The molecule has 0 saturated heterocycles. The summed E-state index contributed by atoms with van der Waals surface area (Å²) in [6.07, 6.45) is 2.01. The highest BCUT2D eigenvalue weighted by molar-refractivity contribution is 5.80. The van der Waals surface area contributed by atoms with Crippen molar-refractivity contribution in [1.29, 1.82) is 0 Å². The van der Waals surface area contributed by atoms with Gasteiger partial charge in [-0.15, -0.1) is 0 Å². The number of benzene rings is 4. The predicted molar refractivity (Wildman–Crippen MR) is 119 cm³/mol. The summed E-state index contributed by atoms with van der Waals surface area (Å²) in [5.74, 6) is 0. The van der Waals surface area contributed by atoms with Crippen LogP contribution >= 0.6 is 0 Å². The Kier molecular flexibility index (Phi) is 4.13. The second-order valence-electron chi connectivity index (χ2n) is 7.94. The lowest BCUT2D eigenvalue weighted by molar-refractivity contribution is 1.18. The number of hydrogen-bond acceptors (Lipinski definition) is 0. The van der Waals surface area contributed by atoms with Crippen molar-refractivity contribution in [3.05, 3.63) is 118 Å². The minimum absolute atomic E-state index is 0.960. The third kappa shape index (κ3) is 2.86. The first-order chi connectivity index (χ1) is 13.7. The van der Waals surface area contributed by atoms with Crippen LogP contribution < -0.4 is 0 Å². The summed E-state index contributed by atoms with van der Waals surface area (Å²) in [6.45, 7) is 4.39. The lowest BCUT2D eigenvalue weighted by Crippen LogP contribution is -1.97. The molecule has 0 aliphatic heterocycles. The Balaban J connectivity index is 1.64. The zero-order valence-corrected chi connectivity index (χ0v) is 16.5. The van der Waals surface area contributed by atoms with Crippen LogP contribution in [0.25, 0.3) is 22.3 Å². The lowest BCUT2D eigenvalue weighted by atomic mass is 9.89. The van der Waals surface area contributed by atoms with Gasteiger partial charge in [0.25, 0.3) is 0 Å². The van der Waals surface area contributed by atoms with Gasteiger partial charge in [0, 0.05) is 0 Å². The van der Waals surface area contributed by atoms with E-state index in [1.807, 2.05) is 0 Å². The first kappa shape index (κ1) is 17.0. The van der Waals surface area contributed by atoms with Gasteiger partial charge in [-0.2, -0.15) is 0 Å². The molecule has 1 aliphatic carbocycles. The molecular formula is C28H24. The Hall–Kier alpha value is -3.12.